The van der Waals surface area contributed by atoms with E-state index in [0.717, 1.165) is 18.0 Å². The van der Waals surface area contributed by atoms with Gasteiger partial charge in [-0.15, -0.1) is 0 Å². The van der Waals surface area contributed by atoms with Gasteiger partial charge in [-0.25, -0.2) is 9.97 Å². The van der Waals surface area contributed by atoms with Gasteiger partial charge in [-0.3, -0.25) is 0 Å². The zero-order valence-electron chi connectivity index (χ0n) is 6.83. The molecule has 3 heteroatoms. The van der Waals surface area contributed by atoms with Crippen LogP contribution in [0, 0.1) is 5.92 Å². The Hall–Kier alpha value is -0.630. The van der Waals surface area contributed by atoms with Crippen LogP contribution < -0.4 is 0 Å². The highest BCUT2D eigenvalue weighted by atomic mass is 35.5. The molecule has 12 heavy (non-hydrogen) atoms. The maximum absolute atomic E-state index is 5.74. The molecule has 1 heterocycles. The number of hydrogen-bond donors (Lipinski definition) is 0. The van der Waals surface area contributed by atoms with Crippen molar-refractivity contribution in [3.63, 3.8) is 0 Å². The average molecular weight is 183 g/mol. The zero-order chi connectivity index (χ0) is 8.39. The monoisotopic (exact) mass is 182 g/mol. The molecule has 2 nitrogen and oxygen atoms in total. The number of hydrogen-bond acceptors (Lipinski definition) is 2. The summed E-state index contributed by atoms with van der Waals surface area (Å²) in [6, 6.07) is 1.86. The smallest absolute Gasteiger partial charge is 0.132 e. The normalized spacial score (nSPS) is 17.4. The topological polar surface area (TPSA) is 25.8 Å². The number of halogens is 1. The first-order valence-electron chi connectivity index (χ1n) is 4.31. The summed E-state index contributed by atoms with van der Waals surface area (Å²) in [6.45, 7) is 0. The second-order valence-corrected chi connectivity index (χ2v) is 3.72. The van der Waals surface area contributed by atoms with Crippen LogP contribution in [0.2, 0.25) is 5.15 Å². The summed E-state index contributed by atoms with van der Waals surface area (Å²) in [7, 11) is 0. The lowest BCUT2D eigenvalue weighted by Gasteiger charge is -2.24. The molecule has 0 unspecified atom stereocenters. The standard InChI is InChI=1S/C9H11ClN2/c10-9-5-8(11-6-12-9)4-7-2-1-3-7/h5-7H,1-4H2. The van der Waals surface area contributed by atoms with Crippen molar-refractivity contribution in [2.45, 2.75) is 25.7 Å². The molecule has 1 saturated carbocycles. The Morgan fingerprint density at radius 2 is 2.25 bits per heavy atom. The van der Waals surface area contributed by atoms with Crippen LogP contribution >= 0.6 is 11.6 Å². The van der Waals surface area contributed by atoms with E-state index in [1.807, 2.05) is 6.07 Å². The minimum Gasteiger partial charge on any atom is -0.241 e. The van der Waals surface area contributed by atoms with Crippen molar-refractivity contribution in [2.75, 3.05) is 0 Å². The summed E-state index contributed by atoms with van der Waals surface area (Å²) in [4.78, 5) is 8.01. The molecule has 0 radical (unpaired) electrons. The molecule has 1 fully saturated rings. The highest BCUT2D eigenvalue weighted by molar-refractivity contribution is 6.29. The summed E-state index contributed by atoms with van der Waals surface area (Å²) in [5.74, 6) is 0.843. The predicted octanol–water partition coefficient (Wildman–Crippen LogP) is 2.47. The van der Waals surface area contributed by atoms with Gasteiger partial charge in [0.25, 0.3) is 0 Å². The third-order valence-electron chi connectivity index (χ3n) is 2.41. The summed E-state index contributed by atoms with van der Waals surface area (Å²) in [6.07, 6.45) is 6.69. The van der Waals surface area contributed by atoms with Crippen LogP contribution in [-0.2, 0) is 6.42 Å². The Morgan fingerprint density at radius 3 is 2.83 bits per heavy atom. The first-order chi connectivity index (χ1) is 5.84. The Balaban J connectivity index is 2.02. The van der Waals surface area contributed by atoms with Gasteiger partial charge in [0.2, 0.25) is 0 Å². The van der Waals surface area contributed by atoms with E-state index in [0.29, 0.717) is 5.15 Å². The molecule has 0 aromatic carbocycles. The van der Waals surface area contributed by atoms with Gasteiger partial charge in [0.1, 0.15) is 11.5 Å². The summed E-state index contributed by atoms with van der Waals surface area (Å²) in [5.41, 5.74) is 1.08. The molecule has 0 N–H and O–H groups in total. The van der Waals surface area contributed by atoms with E-state index in [9.17, 15) is 0 Å². The molecule has 2 rings (SSSR count). The van der Waals surface area contributed by atoms with E-state index in [4.69, 9.17) is 11.6 Å². The number of rotatable bonds is 2. The van der Waals surface area contributed by atoms with Crippen molar-refractivity contribution in [1.29, 1.82) is 0 Å². The Bertz CT molecular complexity index is 271. The van der Waals surface area contributed by atoms with Crippen LogP contribution in [0.4, 0.5) is 0 Å². The zero-order valence-corrected chi connectivity index (χ0v) is 7.59. The molecule has 0 spiro atoms. The molecule has 0 bridgehead atoms. The molecule has 0 amide bonds. The maximum atomic E-state index is 5.74. The van der Waals surface area contributed by atoms with Crippen molar-refractivity contribution in [2.24, 2.45) is 5.92 Å². The third kappa shape index (κ3) is 1.75. The van der Waals surface area contributed by atoms with Crippen molar-refractivity contribution in [3.05, 3.63) is 23.2 Å². The molecular weight excluding hydrogens is 172 g/mol. The fourth-order valence-corrected chi connectivity index (χ4v) is 1.64. The van der Waals surface area contributed by atoms with Crippen LogP contribution in [0.15, 0.2) is 12.4 Å². The SMILES string of the molecule is Clc1cc(CC2CCC2)ncn1. The summed E-state index contributed by atoms with van der Waals surface area (Å²) < 4.78 is 0. The van der Waals surface area contributed by atoms with E-state index >= 15 is 0 Å². The van der Waals surface area contributed by atoms with E-state index in [1.165, 1.54) is 25.6 Å². The van der Waals surface area contributed by atoms with Gasteiger partial charge < -0.3 is 0 Å². The van der Waals surface area contributed by atoms with Gasteiger partial charge in [-0.1, -0.05) is 30.9 Å². The maximum Gasteiger partial charge on any atom is 0.132 e. The van der Waals surface area contributed by atoms with E-state index < -0.39 is 0 Å². The van der Waals surface area contributed by atoms with Gasteiger partial charge in [0.05, 0.1) is 0 Å². The van der Waals surface area contributed by atoms with Gasteiger partial charge in [0.15, 0.2) is 0 Å². The molecule has 0 aliphatic heterocycles. The summed E-state index contributed by atoms with van der Waals surface area (Å²) in [5, 5.41) is 0.555. The quantitative estimate of drug-likeness (QED) is 0.657. The Kier molecular flexibility index (Phi) is 2.26. The Labute approximate surface area is 77.0 Å². The fourth-order valence-electron chi connectivity index (χ4n) is 1.47. The van der Waals surface area contributed by atoms with Crippen LogP contribution in [-0.4, -0.2) is 9.97 Å². The molecular formula is C9H11ClN2. The van der Waals surface area contributed by atoms with E-state index in [-0.39, 0.29) is 0 Å². The predicted molar refractivity (Wildman–Crippen MR) is 48.1 cm³/mol. The Morgan fingerprint density at radius 1 is 1.42 bits per heavy atom. The second kappa shape index (κ2) is 3.40. The van der Waals surface area contributed by atoms with Crippen molar-refractivity contribution >= 4 is 11.6 Å². The summed E-state index contributed by atoms with van der Waals surface area (Å²) >= 11 is 5.74. The minimum atomic E-state index is 0.555. The molecule has 0 atom stereocenters. The fraction of sp³-hybridized carbons (Fsp3) is 0.556. The van der Waals surface area contributed by atoms with Crippen molar-refractivity contribution in [1.82, 2.24) is 9.97 Å². The molecule has 1 aromatic heterocycles. The highest BCUT2D eigenvalue weighted by Crippen LogP contribution is 2.29. The lowest BCUT2D eigenvalue weighted by atomic mass is 9.82. The third-order valence-corrected chi connectivity index (χ3v) is 2.62. The van der Waals surface area contributed by atoms with E-state index in [2.05, 4.69) is 9.97 Å². The number of aromatic nitrogens is 2. The number of nitrogens with zero attached hydrogens (tertiary/aromatic N) is 2. The molecule has 64 valence electrons. The van der Waals surface area contributed by atoms with Crippen LogP contribution in [0.25, 0.3) is 0 Å². The first kappa shape index (κ1) is 7.99. The largest absolute Gasteiger partial charge is 0.241 e. The second-order valence-electron chi connectivity index (χ2n) is 3.33. The van der Waals surface area contributed by atoms with Crippen molar-refractivity contribution in [3.8, 4) is 0 Å². The van der Waals surface area contributed by atoms with Gasteiger partial charge in [0, 0.05) is 5.69 Å². The van der Waals surface area contributed by atoms with E-state index in [1.54, 1.807) is 0 Å². The molecule has 1 aliphatic carbocycles. The van der Waals surface area contributed by atoms with Gasteiger partial charge in [-0.05, 0) is 18.4 Å². The molecule has 0 saturated heterocycles. The lowest BCUT2D eigenvalue weighted by Crippen LogP contribution is -2.14. The van der Waals surface area contributed by atoms with Gasteiger partial charge >= 0.3 is 0 Å². The molecule has 1 aromatic rings. The van der Waals surface area contributed by atoms with Crippen LogP contribution in [0.1, 0.15) is 25.0 Å². The van der Waals surface area contributed by atoms with Gasteiger partial charge in [-0.2, -0.15) is 0 Å². The first-order valence-corrected chi connectivity index (χ1v) is 4.69. The highest BCUT2D eigenvalue weighted by Gasteiger charge is 2.18. The van der Waals surface area contributed by atoms with Crippen molar-refractivity contribution < 1.29 is 0 Å². The van der Waals surface area contributed by atoms with Crippen LogP contribution in [0.3, 0.4) is 0 Å². The molecule has 1 aliphatic rings. The lowest BCUT2D eigenvalue weighted by molar-refractivity contribution is 0.312. The minimum absolute atomic E-state index is 0.555. The van der Waals surface area contributed by atoms with Crippen LogP contribution in [0.5, 0.6) is 0 Å². The average Bonchev–Trinajstić information content (AvgIpc) is 1.97.